The zero-order valence-corrected chi connectivity index (χ0v) is 15.1. The van der Waals surface area contributed by atoms with Crippen LogP contribution in [0.5, 0.6) is 0 Å². The monoisotopic (exact) mass is 340 g/mol. The summed E-state index contributed by atoms with van der Waals surface area (Å²) in [5.74, 6) is 1.95. The van der Waals surface area contributed by atoms with Crippen LogP contribution >= 0.6 is 0 Å². The van der Waals surface area contributed by atoms with Gasteiger partial charge in [0.2, 0.25) is 0 Å². The Hall–Kier alpha value is -1.72. The summed E-state index contributed by atoms with van der Waals surface area (Å²) >= 11 is 0. The molecular weight excluding hydrogens is 312 g/mol. The average molecular weight is 340 g/mol. The lowest BCUT2D eigenvalue weighted by atomic mass is 9.95. The molecule has 1 saturated heterocycles. The normalized spacial score (nSPS) is 20.7. The Morgan fingerprint density at radius 2 is 1.88 bits per heavy atom. The van der Waals surface area contributed by atoms with Crippen molar-refractivity contribution in [3.63, 3.8) is 0 Å². The molecule has 2 aliphatic rings. The van der Waals surface area contributed by atoms with E-state index in [-0.39, 0.29) is 11.5 Å². The van der Waals surface area contributed by atoms with Gasteiger partial charge in [0.15, 0.2) is 5.82 Å². The van der Waals surface area contributed by atoms with Gasteiger partial charge in [-0.05, 0) is 50.8 Å². The summed E-state index contributed by atoms with van der Waals surface area (Å²) < 4.78 is 1.96. The molecule has 0 radical (unpaired) electrons. The van der Waals surface area contributed by atoms with E-state index in [0.717, 1.165) is 50.5 Å². The van der Waals surface area contributed by atoms with Crippen LogP contribution in [0.4, 0.5) is 0 Å². The molecule has 0 spiro atoms. The van der Waals surface area contributed by atoms with Crippen molar-refractivity contribution >= 4 is 0 Å². The van der Waals surface area contributed by atoms with Crippen molar-refractivity contribution < 1.29 is 5.11 Å². The first kappa shape index (κ1) is 16.7. The average Bonchev–Trinajstić information content (AvgIpc) is 3.12. The second-order valence-corrected chi connectivity index (χ2v) is 7.53. The minimum absolute atomic E-state index is 0.0105. The molecule has 5 heteroatoms. The van der Waals surface area contributed by atoms with Crippen LogP contribution in [0.3, 0.4) is 0 Å². The highest BCUT2D eigenvalue weighted by Crippen LogP contribution is 2.52. The first-order chi connectivity index (χ1) is 12.2. The fourth-order valence-corrected chi connectivity index (χ4v) is 3.83. The van der Waals surface area contributed by atoms with Crippen LogP contribution in [0.15, 0.2) is 30.3 Å². The van der Waals surface area contributed by atoms with E-state index in [1.165, 1.54) is 18.4 Å². The lowest BCUT2D eigenvalue weighted by Gasteiger charge is -2.15. The van der Waals surface area contributed by atoms with E-state index in [4.69, 9.17) is 10.1 Å². The predicted molar refractivity (Wildman–Crippen MR) is 97.3 cm³/mol. The zero-order valence-electron chi connectivity index (χ0n) is 15.1. The van der Waals surface area contributed by atoms with E-state index in [0.29, 0.717) is 6.54 Å². The molecule has 2 aromatic rings. The van der Waals surface area contributed by atoms with Gasteiger partial charge in [0.1, 0.15) is 5.82 Å². The molecule has 4 rings (SSSR count). The van der Waals surface area contributed by atoms with Gasteiger partial charge in [0.25, 0.3) is 0 Å². The Bertz CT molecular complexity index is 702. The van der Waals surface area contributed by atoms with Gasteiger partial charge in [-0.2, -0.15) is 5.10 Å². The van der Waals surface area contributed by atoms with E-state index >= 15 is 0 Å². The highest BCUT2D eigenvalue weighted by Gasteiger charge is 2.49. The summed E-state index contributed by atoms with van der Waals surface area (Å²) in [6.07, 6.45) is 5.14. The Morgan fingerprint density at radius 3 is 2.52 bits per heavy atom. The maximum absolute atomic E-state index is 10.1. The fourth-order valence-electron chi connectivity index (χ4n) is 3.83. The van der Waals surface area contributed by atoms with E-state index < -0.39 is 0 Å². The molecule has 1 aromatic carbocycles. The van der Waals surface area contributed by atoms with Crippen molar-refractivity contribution in [1.82, 2.24) is 19.7 Å². The first-order valence-corrected chi connectivity index (χ1v) is 9.61. The van der Waals surface area contributed by atoms with E-state index in [2.05, 4.69) is 35.2 Å². The van der Waals surface area contributed by atoms with Crippen LogP contribution in [0.2, 0.25) is 0 Å². The Labute approximate surface area is 149 Å². The molecule has 25 heavy (non-hydrogen) atoms. The quantitative estimate of drug-likeness (QED) is 0.842. The molecular formula is C20H28N4O. The number of aliphatic hydroxyl groups excluding tert-OH is 1. The minimum Gasteiger partial charge on any atom is -0.391 e. The van der Waals surface area contributed by atoms with Crippen LogP contribution in [0.1, 0.15) is 56.2 Å². The van der Waals surface area contributed by atoms with Crippen LogP contribution < -0.4 is 0 Å². The number of rotatable bonds is 7. The van der Waals surface area contributed by atoms with Crippen LogP contribution in [0, 0.1) is 0 Å². The molecule has 2 fully saturated rings. The Balaban J connectivity index is 1.64. The zero-order chi connectivity index (χ0) is 17.3. The SMILES string of the molecule is CC[C@H](O)Cn1nc(C2(c3ccccc3)CC2)nc1CN1CCCC1. The summed E-state index contributed by atoms with van der Waals surface area (Å²) in [5, 5.41) is 15.0. The topological polar surface area (TPSA) is 54.2 Å². The van der Waals surface area contributed by atoms with Crippen molar-refractivity contribution in [3.8, 4) is 0 Å². The van der Waals surface area contributed by atoms with E-state index in [1.54, 1.807) is 0 Å². The minimum atomic E-state index is -0.362. The molecule has 1 aliphatic carbocycles. The van der Waals surface area contributed by atoms with Gasteiger partial charge in [-0.15, -0.1) is 0 Å². The second kappa shape index (κ2) is 6.89. The van der Waals surface area contributed by atoms with Gasteiger partial charge < -0.3 is 5.11 Å². The van der Waals surface area contributed by atoms with Gasteiger partial charge in [-0.1, -0.05) is 37.3 Å². The molecule has 1 atom stereocenters. The first-order valence-electron chi connectivity index (χ1n) is 9.61. The van der Waals surface area contributed by atoms with Crippen molar-refractivity contribution in [1.29, 1.82) is 0 Å². The molecule has 1 N–H and O–H groups in total. The fraction of sp³-hybridized carbons (Fsp3) is 0.600. The summed E-state index contributed by atoms with van der Waals surface area (Å²) in [6.45, 7) is 5.67. The number of aromatic nitrogens is 3. The van der Waals surface area contributed by atoms with Gasteiger partial charge in [0.05, 0.1) is 24.6 Å². The van der Waals surface area contributed by atoms with Crippen molar-refractivity contribution in [2.75, 3.05) is 13.1 Å². The number of hydrogen-bond donors (Lipinski definition) is 1. The largest absolute Gasteiger partial charge is 0.391 e. The smallest absolute Gasteiger partial charge is 0.161 e. The maximum Gasteiger partial charge on any atom is 0.161 e. The number of nitrogens with zero attached hydrogens (tertiary/aromatic N) is 4. The third-order valence-corrected chi connectivity index (χ3v) is 5.67. The van der Waals surface area contributed by atoms with Gasteiger partial charge >= 0.3 is 0 Å². The highest BCUT2D eigenvalue weighted by molar-refractivity contribution is 5.39. The second-order valence-electron chi connectivity index (χ2n) is 7.53. The van der Waals surface area contributed by atoms with Crippen molar-refractivity contribution in [2.45, 2.75) is 63.6 Å². The number of likely N-dealkylation sites (tertiary alicyclic amines) is 1. The van der Waals surface area contributed by atoms with Gasteiger partial charge in [-0.25, -0.2) is 9.67 Å². The van der Waals surface area contributed by atoms with Gasteiger partial charge in [0, 0.05) is 0 Å². The molecule has 0 amide bonds. The van der Waals surface area contributed by atoms with Crippen molar-refractivity contribution in [3.05, 3.63) is 47.5 Å². The molecule has 0 unspecified atom stereocenters. The lowest BCUT2D eigenvalue weighted by molar-refractivity contribution is 0.142. The van der Waals surface area contributed by atoms with Crippen molar-refractivity contribution in [2.24, 2.45) is 0 Å². The molecule has 2 heterocycles. The summed E-state index contributed by atoms with van der Waals surface area (Å²) in [5.41, 5.74) is 1.31. The van der Waals surface area contributed by atoms with E-state index in [9.17, 15) is 5.11 Å². The standard InChI is InChI=1S/C20H28N4O/c1-2-17(25)14-24-18(15-23-12-6-7-13-23)21-19(22-24)20(10-11-20)16-8-4-3-5-9-16/h3-5,8-9,17,25H,2,6-7,10-15H2,1H3/t17-/m0/s1. The Kier molecular flexibility index (Phi) is 4.61. The number of aliphatic hydroxyl groups is 1. The third kappa shape index (κ3) is 3.35. The van der Waals surface area contributed by atoms with Gasteiger partial charge in [-0.3, -0.25) is 4.90 Å². The maximum atomic E-state index is 10.1. The van der Waals surface area contributed by atoms with Crippen LogP contribution in [-0.2, 0) is 18.5 Å². The van der Waals surface area contributed by atoms with E-state index in [1.807, 2.05) is 11.6 Å². The predicted octanol–water partition coefficient (Wildman–Crippen LogP) is 2.72. The molecule has 1 aromatic heterocycles. The summed E-state index contributed by atoms with van der Waals surface area (Å²) in [6, 6.07) is 10.6. The highest BCUT2D eigenvalue weighted by atomic mass is 16.3. The molecule has 0 bridgehead atoms. The summed E-state index contributed by atoms with van der Waals surface area (Å²) in [7, 11) is 0. The number of hydrogen-bond acceptors (Lipinski definition) is 4. The van der Waals surface area contributed by atoms with Crippen LogP contribution in [0.25, 0.3) is 0 Å². The lowest BCUT2D eigenvalue weighted by Crippen LogP contribution is -2.24. The summed E-state index contributed by atoms with van der Waals surface area (Å²) in [4.78, 5) is 7.42. The molecule has 134 valence electrons. The molecule has 1 saturated carbocycles. The molecule has 5 nitrogen and oxygen atoms in total. The number of benzene rings is 1. The van der Waals surface area contributed by atoms with Crippen LogP contribution in [-0.4, -0.2) is 44.0 Å². The Morgan fingerprint density at radius 1 is 1.16 bits per heavy atom. The molecule has 1 aliphatic heterocycles. The third-order valence-electron chi connectivity index (χ3n) is 5.67.